The highest BCUT2D eigenvalue weighted by atomic mass is 16.3. The average molecular weight is 578 g/mol. The van der Waals surface area contributed by atoms with Crippen molar-refractivity contribution in [3.05, 3.63) is 140 Å². The Hall–Kier alpha value is -6.20. The molecule has 0 spiro atoms. The summed E-state index contributed by atoms with van der Waals surface area (Å²) in [7, 11) is 0. The highest BCUT2D eigenvalue weighted by Gasteiger charge is 2.20. The third-order valence-electron chi connectivity index (χ3n) is 8.82. The molecular weight excluding hydrogens is 554 g/mol. The summed E-state index contributed by atoms with van der Waals surface area (Å²) in [5, 5.41) is 6.57. The van der Waals surface area contributed by atoms with E-state index in [4.69, 9.17) is 18.8 Å². The van der Waals surface area contributed by atoms with Gasteiger partial charge in [-0.1, -0.05) is 97.1 Å². The van der Waals surface area contributed by atoms with Crippen LogP contribution < -0.4 is 0 Å². The van der Waals surface area contributed by atoms with Gasteiger partial charge in [0.15, 0.2) is 0 Å². The zero-order valence-electron chi connectivity index (χ0n) is 23.9. The van der Waals surface area contributed by atoms with Crippen molar-refractivity contribution in [2.24, 2.45) is 0 Å². The minimum atomic E-state index is 0.612. The van der Waals surface area contributed by atoms with E-state index in [1.807, 2.05) is 60.7 Å². The fraction of sp³-hybridized carbons (Fsp3) is 0. The van der Waals surface area contributed by atoms with E-state index in [1.165, 1.54) is 0 Å². The summed E-state index contributed by atoms with van der Waals surface area (Å²) >= 11 is 0. The van der Waals surface area contributed by atoms with Gasteiger partial charge in [-0.25, -0.2) is 9.97 Å². The number of rotatable bonds is 3. The second-order valence-corrected chi connectivity index (χ2v) is 11.4. The van der Waals surface area contributed by atoms with Gasteiger partial charge in [-0.3, -0.25) is 4.57 Å². The van der Waals surface area contributed by atoms with E-state index in [-0.39, 0.29) is 0 Å². The van der Waals surface area contributed by atoms with Crippen molar-refractivity contribution in [1.82, 2.24) is 14.5 Å². The van der Waals surface area contributed by atoms with Crippen molar-refractivity contribution in [2.45, 2.75) is 0 Å². The van der Waals surface area contributed by atoms with Crippen LogP contribution in [0.5, 0.6) is 0 Å². The molecule has 5 nitrogen and oxygen atoms in total. The third-order valence-corrected chi connectivity index (χ3v) is 8.82. The van der Waals surface area contributed by atoms with Crippen LogP contribution in [0.1, 0.15) is 0 Å². The maximum absolute atomic E-state index is 6.52. The highest BCUT2D eigenvalue weighted by molar-refractivity contribution is 6.20. The van der Waals surface area contributed by atoms with Crippen LogP contribution in [0.4, 0.5) is 0 Å². The second kappa shape index (κ2) is 9.15. The first-order chi connectivity index (χ1) is 22.3. The van der Waals surface area contributed by atoms with E-state index in [2.05, 4.69) is 83.4 Å². The van der Waals surface area contributed by atoms with E-state index in [0.717, 1.165) is 88.2 Å². The lowest BCUT2D eigenvalue weighted by atomic mass is 10.1. The van der Waals surface area contributed by atoms with Crippen LogP contribution in [0, 0.1) is 0 Å². The molecule has 0 aliphatic carbocycles. The smallest absolute Gasteiger partial charge is 0.235 e. The maximum Gasteiger partial charge on any atom is 0.235 e. The van der Waals surface area contributed by atoms with Gasteiger partial charge in [0.05, 0.1) is 22.4 Å². The first-order valence-electron chi connectivity index (χ1n) is 15.0. The van der Waals surface area contributed by atoms with Gasteiger partial charge in [-0.05, 0) is 30.3 Å². The molecule has 0 bridgehead atoms. The number of furan rings is 2. The average Bonchev–Trinajstić information content (AvgIpc) is 3.75. The van der Waals surface area contributed by atoms with Crippen LogP contribution in [-0.2, 0) is 0 Å². The molecule has 0 saturated heterocycles. The Bertz CT molecular complexity index is 2700. The van der Waals surface area contributed by atoms with Crippen LogP contribution >= 0.6 is 0 Å². The van der Waals surface area contributed by atoms with Gasteiger partial charge in [-0.15, -0.1) is 0 Å². The molecule has 210 valence electrons. The van der Waals surface area contributed by atoms with Crippen molar-refractivity contribution < 1.29 is 8.83 Å². The first-order valence-corrected chi connectivity index (χ1v) is 15.0. The zero-order valence-corrected chi connectivity index (χ0v) is 23.9. The van der Waals surface area contributed by atoms with Crippen molar-refractivity contribution in [2.75, 3.05) is 0 Å². The lowest BCUT2D eigenvalue weighted by Gasteiger charge is -2.11. The molecule has 5 heteroatoms. The lowest BCUT2D eigenvalue weighted by Crippen LogP contribution is -2.03. The predicted octanol–water partition coefficient (Wildman–Crippen LogP) is 10.7. The normalized spacial score (nSPS) is 12.0. The van der Waals surface area contributed by atoms with E-state index in [1.54, 1.807) is 0 Å². The number of benzene rings is 6. The molecule has 4 heterocycles. The number of aromatic nitrogens is 3. The second-order valence-electron chi connectivity index (χ2n) is 11.4. The molecule has 0 aliphatic rings. The minimum absolute atomic E-state index is 0.612. The number of fused-ring (bicyclic) bond motifs is 9. The molecule has 0 fully saturated rings. The fourth-order valence-corrected chi connectivity index (χ4v) is 6.72. The van der Waals surface area contributed by atoms with Gasteiger partial charge in [0.2, 0.25) is 5.95 Å². The predicted molar refractivity (Wildman–Crippen MR) is 182 cm³/mol. The van der Waals surface area contributed by atoms with Crippen molar-refractivity contribution in [3.63, 3.8) is 0 Å². The Morgan fingerprint density at radius 1 is 0.378 bits per heavy atom. The van der Waals surface area contributed by atoms with E-state index in [0.29, 0.717) is 5.95 Å². The summed E-state index contributed by atoms with van der Waals surface area (Å²) in [6.07, 6.45) is 0. The van der Waals surface area contributed by atoms with Crippen LogP contribution in [0.15, 0.2) is 148 Å². The Morgan fingerprint density at radius 3 is 1.62 bits per heavy atom. The quantitative estimate of drug-likeness (QED) is 0.210. The molecule has 0 radical (unpaired) electrons. The Morgan fingerprint density at radius 2 is 0.911 bits per heavy atom. The monoisotopic (exact) mass is 577 g/mol. The number of para-hydroxylation sites is 2. The zero-order chi connectivity index (χ0) is 29.5. The first kappa shape index (κ1) is 24.3. The van der Waals surface area contributed by atoms with E-state index in [9.17, 15) is 0 Å². The fourth-order valence-electron chi connectivity index (χ4n) is 6.72. The SMILES string of the molecule is c1ccc(-c2cc(-c3ccccc3)nc(-n3c4ccccc4c4cc5c(cc43)oc3cc4oc6ccccc6c4cc35)n2)cc1. The van der Waals surface area contributed by atoms with E-state index < -0.39 is 0 Å². The summed E-state index contributed by atoms with van der Waals surface area (Å²) in [5.74, 6) is 0.612. The molecule has 10 rings (SSSR count). The van der Waals surface area contributed by atoms with Gasteiger partial charge in [0, 0.05) is 55.6 Å². The van der Waals surface area contributed by atoms with Crippen molar-refractivity contribution >= 4 is 65.7 Å². The summed E-state index contributed by atoms with van der Waals surface area (Å²) < 4.78 is 14.9. The van der Waals surface area contributed by atoms with Crippen molar-refractivity contribution in [3.8, 4) is 28.5 Å². The molecule has 4 aromatic heterocycles. The van der Waals surface area contributed by atoms with Crippen LogP contribution in [0.3, 0.4) is 0 Å². The molecule has 0 amide bonds. The molecule has 45 heavy (non-hydrogen) atoms. The molecule has 10 aromatic rings. The molecule has 0 unspecified atom stereocenters. The Labute approximate surface area is 256 Å². The number of hydrogen-bond acceptors (Lipinski definition) is 4. The van der Waals surface area contributed by atoms with Crippen LogP contribution in [-0.4, -0.2) is 14.5 Å². The van der Waals surface area contributed by atoms with Crippen LogP contribution in [0.2, 0.25) is 0 Å². The van der Waals surface area contributed by atoms with Gasteiger partial charge in [0.25, 0.3) is 0 Å². The molecule has 0 atom stereocenters. The molecular formula is C40H23N3O2. The minimum Gasteiger partial charge on any atom is -0.456 e. The standard InChI is InChI=1S/C40H23N3O2/c1-3-11-24(12-4-1)32-21-33(25-13-5-2-6-14-25)42-40(41-32)43-34-17-9-7-15-26(34)28-19-30-31-20-29-27-16-8-10-18-36(27)44-38(29)23-39(31)45-37(30)22-35(28)43/h1-23H. The van der Waals surface area contributed by atoms with Gasteiger partial charge < -0.3 is 8.83 Å². The Balaban J connectivity index is 1.28. The molecule has 6 aromatic carbocycles. The Kier molecular flexibility index (Phi) is 4.93. The maximum atomic E-state index is 6.52. The topological polar surface area (TPSA) is 57.0 Å². The summed E-state index contributed by atoms with van der Waals surface area (Å²) in [4.78, 5) is 10.3. The summed E-state index contributed by atoms with van der Waals surface area (Å²) in [5.41, 5.74) is 9.14. The van der Waals surface area contributed by atoms with E-state index >= 15 is 0 Å². The largest absolute Gasteiger partial charge is 0.456 e. The number of hydrogen-bond donors (Lipinski definition) is 0. The lowest BCUT2D eigenvalue weighted by molar-refractivity contribution is 0.656. The summed E-state index contributed by atoms with van der Waals surface area (Å²) in [6.45, 7) is 0. The number of nitrogens with zero attached hydrogens (tertiary/aromatic N) is 3. The summed E-state index contributed by atoms with van der Waals surface area (Å²) in [6, 6.07) is 47.8. The molecule has 0 aliphatic heterocycles. The molecule has 0 saturated carbocycles. The highest BCUT2D eigenvalue weighted by Crippen LogP contribution is 2.41. The van der Waals surface area contributed by atoms with Gasteiger partial charge >= 0.3 is 0 Å². The van der Waals surface area contributed by atoms with Crippen LogP contribution in [0.25, 0.3) is 94.1 Å². The van der Waals surface area contributed by atoms with Gasteiger partial charge in [-0.2, -0.15) is 0 Å². The third kappa shape index (κ3) is 3.61. The van der Waals surface area contributed by atoms with Crippen molar-refractivity contribution in [1.29, 1.82) is 0 Å². The molecule has 0 N–H and O–H groups in total. The van der Waals surface area contributed by atoms with Gasteiger partial charge in [0.1, 0.15) is 22.3 Å².